The Kier molecular flexibility index (Phi) is 7.87. The Hall–Kier alpha value is 1.66. The fourth-order valence-corrected chi connectivity index (χ4v) is 8.49. The molecule has 0 N–H and O–H groups in total. The first-order chi connectivity index (χ1) is 10.7. The zero-order valence-corrected chi connectivity index (χ0v) is 18.3. The lowest BCUT2D eigenvalue weighted by Gasteiger charge is -2.34. The van der Waals surface area contributed by atoms with Gasteiger partial charge in [0.15, 0.2) is 0 Å². The van der Waals surface area contributed by atoms with Crippen LogP contribution >= 0.6 is 55.4 Å². The number of thioether (sulfide) groups is 2. The lowest BCUT2D eigenvalue weighted by Crippen LogP contribution is -2.25. The van der Waals surface area contributed by atoms with Gasteiger partial charge in [-0.1, -0.05) is 31.9 Å². The molecule has 3 aliphatic carbocycles. The van der Waals surface area contributed by atoms with Crippen LogP contribution in [0.25, 0.3) is 0 Å². The van der Waals surface area contributed by atoms with Crippen molar-refractivity contribution < 1.29 is 0 Å². The molecule has 3 aliphatic rings. The predicted octanol–water partition coefficient (Wildman–Crippen LogP) is 7.18. The quantitative estimate of drug-likeness (QED) is 0.400. The minimum absolute atomic E-state index is 0.811. The Morgan fingerprint density at radius 1 is 0.409 bits per heavy atom. The fourth-order valence-electron chi connectivity index (χ4n) is 4.17. The summed E-state index contributed by atoms with van der Waals surface area (Å²) in [6, 6.07) is 0. The second-order valence-electron chi connectivity index (χ2n) is 7.42. The van der Waals surface area contributed by atoms with E-state index in [-0.39, 0.29) is 0 Å². The van der Waals surface area contributed by atoms with Crippen LogP contribution in [0.5, 0.6) is 0 Å². The van der Waals surface area contributed by atoms with Crippen LogP contribution in [0.1, 0.15) is 77.0 Å². The lowest BCUT2D eigenvalue weighted by molar-refractivity contribution is 0.500. The van der Waals surface area contributed by atoms with Gasteiger partial charge in [-0.05, 0) is 77.0 Å². The van der Waals surface area contributed by atoms with Crippen LogP contribution in [0.15, 0.2) is 0 Å². The molecular formula is C18H30Br2S2. The van der Waals surface area contributed by atoms with Crippen molar-refractivity contribution in [2.45, 2.75) is 108 Å². The standard InChI is InChI=1S/C18H30Br2S2/c19-13-1-5-15(6-2-13)21-17-9-11-18(12-10-17)22-16-7-3-14(20)4-8-16/h13-18H,1-12H2. The van der Waals surface area contributed by atoms with E-state index in [4.69, 9.17) is 0 Å². The molecule has 0 unspecified atom stereocenters. The highest BCUT2D eigenvalue weighted by Crippen LogP contribution is 2.43. The van der Waals surface area contributed by atoms with Gasteiger partial charge in [-0.2, -0.15) is 23.5 Å². The summed E-state index contributed by atoms with van der Waals surface area (Å²) in [7, 11) is 0. The molecule has 0 nitrogen and oxygen atoms in total. The molecule has 0 aromatic rings. The van der Waals surface area contributed by atoms with Gasteiger partial charge in [0.1, 0.15) is 0 Å². The largest absolute Gasteiger partial charge is 0.155 e. The van der Waals surface area contributed by atoms with Crippen molar-refractivity contribution in [3.63, 3.8) is 0 Å². The monoisotopic (exact) mass is 468 g/mol. The molecule has 0 heterocycles. The van der Waals surface area contributed by atoms with Gasteiger partial charge in [0, 0.05) is 30.7 Å². The van der Waals surface area contributed by atoms with E-state index in [0.717, 1.165) is 30.7 Å². The van der Waals surface area contributed by atoms with Gasteiger partial charge in [0.25, 0.3) is 0 Å². The molecule has 4 heteroatoms. The highest BCUT2D eigenvalue weighted by molar-refractivity contribution is 9.09. The summed E-state index contributed by atoms with van der Waals surface area (Å²) in [6.45, 7) is 0. The number of halogens is 2. The fraction of sp³-hybridized carbons (Fsp3) is 1.00. The minimum atomic E-state index is 0.811. The number of alkyl halides is 2. The molecule has 3 fully saturated rings. The van der Waals surface area contributed by atoms with Gasteiger partial charge in [-0.15, -0.1) is 0 Å². The van der Waals surface area contributed by atoms with Gasteiger partial charge in [0.05, 0.1) is 0 Å². The van der Waals surface area contributed by atoms with Crippen LogP contribution in [-0.2, 0) is 0 Å². The van der Waals surface area contributed by atoms with Gasteiger partial charge >= 0.3 is 0 Å². The number of hydrogen-bond donors (Lipinski definition) is 0. The summed E-state index contributed by atoms with van der Waals surface area (Å²) in [5, 5.41) is 3.90. The van der Waals surface area contributed by atoms with E-state index >= 15 is 0 Å². The molecule has 128 valence electrons. The summed E-state index contributed by atoms with van der Waals surface area (Å²) >= 11 is 12.3. The van der Waals surface area contributed by atoms with Crippen molar-refractivity contribution >= 4 is 55.4 Å². The minimum Gasteiger partial charge on any atom is -0.155 e. The Morgan fingerprint density at radius 2 is 0.636 bits per heavy atom. The van der Waals surface area contributed by atoms with Crippen LogP contribution in [-0.4, -0.2) is 30.7 Å². The maximum absolute atomic E-state index is 3.78. The van der Waals surface area contributed by atoms with Crippen molar-refractivity contribution in [3.8, 4) is 0 Å². The highest BCUT2D eigenvalue weighted by atomic mass is 79.9. The molecule has 0 radical (unpaired) electrons. The molecule has 0 aliphatic heterocycles. The molecular weight excluding hydrogens is 440 g/mol. The second kappa shape index (κ2) is 9.38. The molecule has 3 saturated carbocycles. The van der Waals surface area contributed by atoms with Gasteiger partial charge in [0.2, 0.25) is 0 Å². The summed E-state index contributed by atoms with van der Waals surface area (Å²) in [5.74, 6) is 0. The van der Waals surface area contributed by atoms with E-state index in [2.05, 4.69) is 55.4 Å². The summed E-state index contributed by atoms with van der Waals surface area (Å²) in [4.78, 5) is 1.62. The Labute approximate surface area is 162 Å². The van der Waals surface area contributed by atoms with E-state index < -0.39 is 0 Å². The molecule has 0 atom stereocenters. The van der Waals surface area contributed by atoms with Crippen LogP contribution in [0.3, 0.4) is 0 Å². The number of rotatable bonds is 4. The third-order valence-corrected chi connectivity index (χ3v) is 10.9. The van der Waals surface area contributed by atoms with Crippen molar-refractivity contribution in [1.82, 2.24) is 0 Å². The van der Waals surface area contributed by atoms with Gasteiger partial charge in [-0.3, -0.25) is 0 Å². The maximum Gasteiger partial charge on any atom is 0.0146 e. The first kappa shape index (κ1) is 18.5. The molecule has 0 aromatic heterocycles. The first-order valence-electron chi connectivity index (χ1n) is 9.28. The van der Waals surface area contributed by atoms with Crippen molar-refractivity contribution in [3.05, 3.63) is 0 Å². The maximum atomic E-state index is 3.78. The molecule has 0 amide bonds. The summed E-state index contributed by atoms with van der Waals surface area (Å²) < 4.78 is 0. The molecule has 22 heavy (non-hydrogen) atoms. The smallest absolute Gasteiger partial charge is 0.0146 e. The zero-order chi connectivity index (χ0) is 15.4. The van der Waals surface area contributed by atoms with Gasteiger partial charge in [-0.25, -0.2) is 0 Å². The Morgan fingerprint density at radius 3 is 0.909 bits per heavy atom. The van der Waals surface area contributed by atoms with E-state index in [0.29, 0.717) is 0 Å². The average Bonchev–Trinajstić information content (AvgIpc) is 2.54. The summed E-state index contributed by atoms with van der Waals surface area (Å²) in [6.07, 6.45) is 17.4. The second-order valence-corrected chi connectivity index (χ2v) is 13.2. The molecule has 0 spiro atoms. The van der Waals surface area contributed by atoms with E-state index in [1.54, 1.807) is 0 Å². The average molecular weight is 470 g/mol. The number of hydrogen-bond acceptors (Lipinski definition) is 2. The normalized spacial score (nSPS) is 43.9. The van der Waals surface area contributed by atoms with Crippen molar-refractivity contribution in [1.29, 1.82) is 0 Å². The lowest BCUT2D eigenvalue weighted by atomic mass is 9.99. The van der Waals surface area contributed by atoms with E-state index in [1.165, 1.54) is 77.0 Å². The van der Waals surface area contributed by atoms with Crippen LogP contribution < -0.4 is 0 Å². The Balaban J connectivity index is 1.32. The van der Waals surface area contributed by atoms with Crippen LogP contribution in [0.4, 0.5) is 0 Å². The third-order valence-electron chi connectivity index (χ3n) is 5.60. The van der Waals surface area contributed by atoms with Crippen LogP contribution in [0.2, 0.25) is 0 Å². The molecule has 0 aromatic carbocycles. The molecule has 0 bridgehead atoms. The molecule has 3 rings (SSSR count). The van der Waals surface area contributed by atoms with Crippen molar-refractivity contribution in [2.75, 3.05) is 0 Å². The third kappa shape index (κ3) is 5.88. The van der Waals surface area contributed by atoms with E-state index in [1.807, 2.05) is 0 Å². The molecule has 0 saturated heterocycles. The SMILES string of the molecule is BrC1CCC(SC2CCC(SC3CCC(Br)CC3)CC2)CC1. The van der Waals surface area contributed by atoms with Crippen LogP contribution in [0, 0.1) is 0 Å². The topological polar surface area (TPSA) is 0 Å². The zero-order valence-electron chi connectivity index (χ0n) is 13.5. The summed E-state index contributed by atoms with van der Waals surface area (Å²) in [5.41, 5.74) is 0. The van der Waals surface area contributed by atoms with E-state index in [9.17, 15) is 0 Å². The Bertz CT molecular complexity index is 283. The highest BCUT2D eigenvalue weighted by Gasteiger charge is 2.29. The van der Waals surface area contributed by atoms with Gasteiger partial charge < -0.3 is 0 Å². The predicted molar refractivity (Wildman–Crippen MR) is 111 cm³/mol. The first-order valence-corrected chi connectivity index (χ1v) is 13.0. The van der Waals surface area contributed by atoms with Crippen molar-refractivity contribution in [2.24, 2.45) is 0 Å².